The highest BCUT2D eigenvalue weighted by Gasteiger charge is 2.29. The Morgan fingerprint density at radius 1 is 1.25 bits per heavy atom. The van der Waals surface area contributed by atoms with Crippen LogP contribution in [0.25, 0.3) is 0 Å². The molecule has 1 N–H and O–H groups in total. The van der Waals surface area contributed by atoms with Crippen molar-refractivity contribution < 1.29 is 14.3 Å². The number of hydrogen-bond acceptors (Lipinski definition) is 3. The molecule has 1 amide bonds. The van der Waals surface area contributed by atoms with Crippen LogP contribution >= 0.6 is 0 Å². The number of nitrogens with one attached hydrogen (secondary N) is 1. The fraction of sp³-hybridized carbons (Fsp3) is 0.500. The van der Waals surface area contributed by atoms with Gasteiger partial charge < -0.3 is 10.1 Å². The minimum atomic E-state index is -0.676. The van der Waals surface area contributed by atoms with Crippen molar-refractivity contribution in [2.45, 2.75) is 57.1 Å². The molecule has 127 valence electrons. The molecule has 4 nitrogen and oxygen atoms in total. The molecule has 2 aliphatic rings. The molecule has 1 aromatic rings. The Labute approximate surface area is 143 Å². The maximum atomic E-state index is 12.1. The molecule has 0 aliphatic heterocycles. The van der Waals surface area contributed by atoms with E-state index in [4.69, 9.17) is 4.74 Å². The van der Waals surface area contributed by atoms with E-state index in [1.54, 1.807) is 0 Å². The van der Waals surface area contributed by atoms with E-state index in [0.717, 1.165) is 31.2 Å². The predicted octanol–water partition coefficient (Wildman–Crippen LogP) is 3.71. The minimum absolute atomic E-state index is 0.0744. The van der Waals surface area contributed by atoms with Crippen molar-refractivity contribution in [2.24, 2.45) is 5.92 Å². The van der Waals surface area contributed by atoms with Gasteiger partial charge in [-0.05, 0) is 43.6 Å². The van der Waals surface area contributed by atoms with E-state index in [0.29, 0.717) is 12.3 Å². The summed E-state index contributed by atoms with van der Waals surface area (Å²) >= 11 is 0. The van der Waals surface area contributed by atoms with Crippen LogP contribution in [0.5, 0.6) is 0 Å². The molecule has 1 saturated carbocycles. The van der Waals surface area contributed by atoms with Crippen LogP contribution < -0.4 is 5.32 Å². The second-order valence-corrected chi connectivity index (χ2v) is 6.72. The first kappa shape index (κ1) is 16.7. The lowest BCUT2D eigenvalue weighted by atomic mass is 9.77. The molecule has 24 heavy (non-hydrogen) atoms. The molecule has 1 radical (unpaired) electrons. The van der Waals surface area contributed by atoms with Crippen molar-refractivity contribution in [1.29, 1.82) is 0 Å². The van der Waals surface area contributed by atoms with E-state index in [1.165, 1.54) is 18.4 Å². The molecule has 2 aliphatic carbocycles. The lowest BCUT2D eigenvalue weighted by Crippen LogP contribution is -2.40. The van der Waals surface area contributed by atoms with Gasteiger partial charge in [-0.1, -0.05) is 42.0 Å². The molecule has 2 unspecified atom stereocenters. The van der Waals surface area contributed by atoms with Gasteiger partial charge in [0.2, 0.25) is 6.29 Å². The maximum absolute atomic E-state index is 12.1. The van der Waals surface area contributed by atoms with Gasteiger partial charge in [0.15, 0.2) is 0 Å². The Hall–Kier alpha value is -2.10. The number of rotatable bonds is 5. The quantitative estimate of drug-likeness (QED) is 0.839. The number of hydrogen-bond donors (Lipinski definition) is 1. The Balaban J connectivity index is 1.49. The van der Waals surface area contributed by atoms with Crippen LogP contribution in [0.4, 0.5) is 4.79 Å². The molecule has 4 heteroatoms. The smallest absolute Gasteiger partial charge is 0.408 e. The molecule has 1 fully saturated rings. The van der Waals surface area contributed by atoms with Crippen molar-refractivity contribution in [3.8, 4) is 0 Å². The van der Waals surface area contributed by atoms with E-state index in [1.807, 2.05) is 36.6 Å². The Morgan fingerprint density at radius 3 is 2.88 bits per heavy atom. The number of alkyl carbamates (subject to hydrolysis) is 1. The molecule has 0 bridgehead atoms. The summed E-state index contributed by atoms with van der Waals surface area (Å²) in [5, 5.41) is 2.63. The Bertz CT molecular complexity index is 596. The second kappa shape index (κ2) is 8.13. The molecule has 0 heterocycles. The van der Waals surface area contributed by atoms with Gasteiger partial charge in [-0.25, -0.2) is 4.79 Å². The number of carbonyl (C=O) groups is 1. The van der Waals surface area contributed by atoms with Crippen LogP contribution in [-0.2, 0) is 16.0 Å². The first-order valence-corrected chi connectivity index (χ1v) is 8.82. The summed E-state index contributed by atoms with van der Waals surface area (Å²) in [4.78, 5) is 23.2. The Morgan fingerprint density at radius 2 is 2.08 bits per heavy atom. The highest BCUT2D eigenvalue weighted by Crippen LogP contribution is 2.37. The molecule has 0 saturated heterocycles. The summed E-state index contributed by atoms with van der Waals surface area (Å²) in [5.41, 5.74) is 2.44. The number of benzene rings is 1. The number of fused-ring (bicyclic) bond motifs is 1. The first-order chi connectivity index (χ1) is 11.7. The standard InChI is InChI=1S/C20H24NO3/c22-14-18(12-15-6-2-1-3-7-15)21-20(23)24-19-11-10-16-8-4-5-9-17(16)13-19/h1-3,6-7,9,16,18-19H,4-5,8,10-13H2,(H,21,23)/t16?,18-,19?/m0/s1. The van der Waals surface area contributed by atoms with Crippen LogP contribution in [0.2, 0.25) is 0 Å². The van der Waals surface area contributed by atoms with E-state index >= 15 is 0 Å². The zero-order chi connectivity index (χ0) is 16.8. The molecule has 0 aromatic heterocycles. The lowest BCUT2D eigenvalue weighted by molar-refractivity contribution is 0.0764. The zero-order valence-electron chi connectivity index (χ0n) is 13.9. The zero-order valence-corrected chi connectivity index (χ0v) is 13.9. The summed E-state index contributed by atoms with van der Waals surface area (Å²) in [6, 6.07) is 8.91. The SMILES string of the molecule is O=[C][C@H](Cc1ccccc1)NC(=O)OC1CCC2CCCC=C2C1. The topological polar surface area (TPSA) is 55.4 Å². The summed E-state index contributed by atoms with van der Waals surface area (Å²) in [6.45, 7) is 0. The van der Waals surface area contributed by atoms with Crippen molar-refractivity contribution in [1.82, 2.24) is 5.32 Å². The average molecular weight is 326 g/mol. The van der Waals surface area contributed by atoms with Crippen LogP contribution in [0.15, 0.2) is 42.0 Å². The fourth-order valence-corrected chi connectivity index (χ4v) is 3.74. The normalized spacial score (nSPS) is 24.2. The number of amides is 1. The average Bonchev–Trinajstić information content (AvgIpc) is 2.62. The largest absolute Gasteiger partial charge is 0.446 e. The van der Waals surface area contributed by atoms with Gasteiger partial charge >= 0.3 is 6.09 Å². The van der Waals surface area contributed by atoms with Gasteiger partial charge in [0, 0.05) is 12.8 Å². The van der Waals surface area contributed by atoms with E-state index < -0.39 is 12.1 Å². The monoisotopic (exact) mass is 326 g/mol. The first-order valence-electron chi connectivity index (χ1n) is 8.82. The van der Waals surface area contributed by atoms with Gasteiger partial charge in [0.25, 0.3) is 0 Å². The molecule has 0 spiro atoms. The van der Waals surface area contributed by atoms with Crippen LogP contribution in [-0.4, -0.2) is 24.5 Å². The van der Waals surface area contributed by atoms with Gasteiger partial charge in [-0.3, -0.25) is 4.79 Å². The van der Waals surface area contributed by atoms with Crippen LogP contribution in [0, 0.1) is 5.92 Å². The third-order valence-corrected chi connectivity index (χ3v) is 4.98. The Kier molecular flexibility index (Phi) is 5.68. The van der Waals surface area contributed by atoms with Gasteiger partial charge in [0.1, 0.15) is 12.1 Å². The summed E-state index contributed by atoms with van der Waals surface area (Å²) in [7, 11) is 0. The van der Waals surface area contributed by atoms with Gasteiger partial charge in [0.05, 0.1) is 0 Å². The maximum Gasteiger partial charge on any atom is 0.408 e. The predicted molar refractivity (Wildman–Crippen MR) is 92.3 cm³/mol. The number of allylic oxidation sites excluding steroid dienone is 1. The highest BCUT2D eigenvalue weighted by molar-refractivity contribution is 5.73. The summed E-state index contributed by atoms with van der Waals surface area (Å²) < 4.78 is 5.54. The fourth-order valence-electron chi connectivity index (χ4n) is 3.74. The van der Waals surface area contributed by atoms with E-state index in [2.05, 4.69) is 11.4 Å². The third-order valence-electron chi connectivity index (χ3n) is 4.98. The van der Waals surface area contributed by atoms with Gasteiger partial charge in [-0.15, -0.1) is 0 Å². The van der Waals surface area contributed by atoms with Crippen molar-refractivity contribution in [3.63, 3.8) is 0 Å². The van der Waals surface area contributed by atoms with Crippen molar-refractivity contribution in [3.05, 3.63) is 47.5 Å². The lowest BCUT2D eigenvalue weighted by Gasteiger charge is -2.33. The van der Waals surface area contributed by atoms with E-state index in [-0.39, 0.29) is 6.10 Å². The number of carbonyl (C=O) groups excluding carboxylic acids is 2. The minimum Gasteiger partial charge on any atom is -0.446 e. The molecular weight excluding hydrogens is 302 g/mol. The number of ether oxygens (including phenoxy) is 1. The molecule has 3 rings (SSSR count). The van der Waals surface area contributed by atoms with Crippen LogP contribution in [0.3, 0.4) is 0 Å². The summed E-state index contributed by atoms with van der Waals surface area (Å²) in [5.74, 6) is 0.691. The third kappa shape index (κ3) is 4.47. The van der Waals surface area contributed by atoms with Crippen LogP contribution in [0.1, 0.15) is 44.1 Å². The molecular formula is C20H24NO3. The molecule has 1 aromatic carbocycles. The van der Waals surface area contributed by atoms with Gasteiger partial charge in [-0.2, -0.15) is 0 Å². The van der Waals surface area contributed by atoms with Crippen molar-refractivity contribution >= 4 is 12.4 Å². The van der Waals surface area contributed by atoms with E-state index in [9.17, 15) is 9.59 Å². The highest BCUT2D eigenvalue weighted by atomic mass is 16.6. The molecule has 3 atom stereocenters. The second-order valence-electron chi connectivity index (χ2n) is 6.72. The van der Waals surface area contributed by atoms with Crippen molar-refractivity contribution in [2.75, 3.05) is 0 Å². The summed E-state index contributed by atoms with van der Waals surface area (Å²) in [6.07, 6.45) is 10.6.